The zero-order chi connectivity index (χ0) is 14.6. The fourth-order valence-electron chi connectivity index (χ4n) is 1.40. The van der Waals surface area contributed by atoms with E-state index in [1.807, 2.05) is 13.8 Å². The predicted octanol–water partition coefficient (Wildman–Crippen LogP) is 3.76. The molecule has 0 aliphatic rings. The molecule has 0 unspecified atom stereocenters. The Morgan fingerprint density at radius 3 is 2.37 bits per heavy atom. The van der Waals surface area contributed by atoms with Gasteiger partial charge in [0.05, 0.1) is 0 Å². The lowest BCUT2D eigenvalue weighted by molar-refractivity contribution is 0.0928. The monoisotopic (exact) mass is 342 g/mol. The second-order valence-electron chi connectivity index (χ2n) is 4.28. The molecule has 1 aromatic rings. The standard InChI is InChI=1S/C12H14Cl4N2O/c1-7(2)17-11(12(14,15)16)18-10(19)8-4-3-5-9(13)6-8/h3-7,11,17H,1-2H3,(H,18,19)/t11-/m1/s1. The second-order valence-corrected chi connectivity index (χ2v) is 7.09. The van der Waals surface area contributed by atoms with Gasteiger partial charge in [0.15, 0.2) is 0 Å². The summed E-state index contributed by atoms with van der Waals surface area (Å²) >= 11 is 23.3. The maximum Gasteiger partial charge on any atom is 0.252 e. The molecule has 7 heteroatoms. The average molecular weight is 344 g/mol. The van der Waals surface area contributed by atoms with Gasteiger partial charge in [-0.1, -0.05) is 52.5 Å². The van der Waals surface area contributed by atoms with Gasteiger partial charge in [-0.25, -0.2) is 0 Å². The highest BCUT2D eigenvalue weighted by Gasteiger charge is 2.34. The van der Waals surface area contributed by atoms with Crippen LogP contribution in [-0.4, -0.2) is 21.9 Å². The summed E-state index contributed by atoms with van der Waals surface area (Å²) in [4.78, 5) is 12.0. The molecule has 0 radical (unpaired) electrons. The van der Waals surface area contributed by atoms with Gasteiger partial charge in [0.2, 0.25) is 3.79 Å². The van der Waals surface area contributed by atoms with Gasteiger partial charge >= 0.3 is 0 Å². The van der Waals surface area contributed by atoms with E-state index in [4.69, 9.17) is 46.4 Å². The topological polar surface area (TPSA) is 41.1 Å². The Morgan fingerprint density at radius 2 is 1.89 bits per heavy atom. The predicted molar refractivity (Wildman–Crippen MR) is 81.3 cm³/mol. The lowest BCUT2D eigenvalue weighted by Gasteiger charge is -2.28. The molecule has 3 nitrogen and oxygen atoms in total. The fourth-order valence-corrected chi connectivity index (χ4v) is 1.94. The second kappa shape index (κ2) is 7.00. The van der Waals surface area contributed by atoms with Crippen LogP contribution in [0.5, 0.6) is 0 Å². The minimum atomic E-state index is -1.65. The van der Waals surface area contributed by atoms with Crippen LogP contribution in [0.4, 0.5) is 0 Å². The first-order valence-electron chi connectivity index (χ1n) is 5.59. The van der Waals surface area contributed by atoms with E-state index < -0.39 is 9.96 Å². The van der Waals surface area contributed by atoms with Crippen LogP contribution >= 0.6 is 46.4 Å². The van der Waals surface area contributed by atoms with Crippen LogP contribution in [0.25, 0.3) is 0 Å². The number of carbonyl (C=O) groups excluding carboxylic acids is 1. The highest BCUT2D eigenvalue weighted by atomic mass is 35.6. The van der Waals surface area contributed by atoms with Crippen molar-refractivity contribution in [1.82, 2.24) is 10.6 Å². The van der Waals surface area contributed by atoms with Crippen molar-refractivity contribution in [2.45, 2.75) is 29.8 Å². The summed E-state index contributed by atoms with van der Waals surface area (Å²) in [6, 6.07) is 6.57. The fraction of sp³-hybridized carbons (Fsp3) is 0.417. The van der Waals surface area contributed by atoms with Crippen molar-refractivity contribution >= 4 is 52.3 Å². The van der Waals surface area contributed by atoms with Crippen LogP contribution in [0, 0.1) is 0 Å². The molecule has 0 aromatic heterocycles. The van der Waals surface area contributed by atoms with Gasteiger partial charge in [-0.3, -0.25) is 10.1 Å². The highest BCUT2D eigenvalue weighted by Crippen LogP contribution is 2.29. The summed E-state index contributed by atoms with van der Waals surface area (Å²) in [6.45, 7) is 3.77. The van der Waals surface area contributed by atoms with Crippen LogP contribution in [-0.2, 0) is 0 Å². The quantitative estimate of drug-likeness (QED) is 0.645. The van der Waals surface area contributed by atoms with Gasteiger partial charge < -0.3 is 5.32 Å². The molecule has 0 aliphatic carbocycles. The first kappa shape index (κ1) is 16.9. The van der Waals surface area contributed by atoms with Gasteiger partial charge in [0, 0.05) is 16.6 Å². The van der Waals surface area contributed by atoms with Crippen LogP contribution in [0.15, 0.2) is 24.3 Å². The number of alkyl halides is 3. The molecule has 0 spiro atoms. The van der Waals surface area contributed by atoms with Crippen molar-refractivity contribution in [3.8, 4) is 0 Å². The van der Waals surface area contributed by atoms with E-state index in [0.29, 0.717) is 10.6 Å². The molecule has 1 amide bonds. The first-order chi connectivity index (χ1) is 8.70. The number of rotatable bonds is 4. The molecule has 0 heterocycles. The van der Waals surface area contributed by atoms with E-state index >= 15 is 0 Å². The third-order valence-corrected chi connectivity index (χ3v) is 3.08. The normalized spacial score (nSPS) is 13.4. The Kier molecular flexibility index (Phi) is 6.21. The van der Waals surface area contributed by atoms with Gasteiger partial charge in [0.1, 0.15) is 6.17 Å². The molecule has 1 aromatic carbocycles. The Bertz CT molecular complexity index is 446. The zero-order valence-corrected chi connectivity index (χ0v) is 13.4. The van der Waals surface area contributed by atoms with E-state index in [9.17, 15) is 4.79 Å². The summed E-state index contributed by atoms with van der Waals surface area (Å²) in [5.41, 5.74) is 0.400. The number of carbonyl (C=O) groups is 1. The Labute approximate surface area is 132 Å². The zero-order valence-electron chi connectivity index (χ0n) is 10.4. The van der Waals surface area contributed by atoms with Crippen molar-refractivity contribution in [1.29, 1.82) is 0 Å². The molecule has 0 aliphatic heterocycles. The minimum absolute atomic E-state index is 0.0419. The maximum absolute atomic E-state index is 12.0. The molecule has 19 heavy (non-hydrogen) atoms. The molecule has 0 fully saturated rings. The van der Waals surface area contributed by atoms with E-state index in [2.05, 4.69) is 10.6 Å². The number of nitrogens with one attached hydrogen (secondary N) is 2. The molecule has 0 saturated heterocycles. The summed E-state index contributed by atoms with van der Waals surface area (Å²) in [6.07, 6.45) is -0.802. The van der Waals surface area contributed by atoms with Gasteiger partial charge in [-0.15, -0.1) is 0 Å². The molecular weight excluding hydrogens is 330 g/mol. The lowest BCUT2D eigenvalue weighted by Crippen LogP contribution is -2.55. The third-order valence-electron chi connectivity index (χ3n) is 2.19. The van der Waals surface area contributed by atoms with Crippen LogP contribution in [0.3, 0.4) is 0 Å². The van der Waals surface area contributed by atoms with Gasteiger partial charge in [-0.2, -0.15) is 0 Å². The van der Waals surface area contributed by atoms with Crippen molar-refractivity contribution in [3.63, 3.8) is 0 Å². The number of hydrogen-bond acceptors (Lipinski definition) is 2. The molecule has 0 saturated carbocycles. The van der Waals surface area contributed by atoms with E-state index in [-0.39, 0.29) is 11.9 Å². The minimum Gasteiger partial charge on any atom is -0.333 e. The summed E-state index contributed by atoms with van der Waals surface area (Å²) < 4.78 is -1.65. The van der Waals surface area contributed by atoms with Crippen molar-refractivity contribution < 1.29 is 4.79 Å². The summed E-state index contributed by atoms with van der Waals surface area (Å²) in [5, 5.41) is 6.07. The Balaban J connectivity index is 2.82. The molecule has 106 valence electrons. The lowest BCUT2D eigenvalue weighted by atomic mass is 10.2. The number of hydrogen-bond donors (Lipinski definition) is 2. The maximum atomic E-state index is 12.0. The smallest absolute Gasteiger partial charge is 0.252 e. The van der Waals surface area contributed by atoms with Crippen LogP contribution in [0.2, 0.25) is 5.02 Å². The van der Waals surface area contributed by atoms with Crippen LogP contribution in [0.1, 0.15) is 24.2 Å². The molecular formula is C12H14Cl4N2O. The molecule has 1 rings (SSSR count). The third kappa shape index (κ3) is 5.76. The summed E-state index contributed by atoms with van der Waals surface area (Å²) in [7, 11) is 0. The largest absolute Gasteiger partial charge is 0.333 e. The summed E-state index contributed by atoms with van der Waals surface area (Å²) in [5.74, 6) is -0.369. The van der Waals surface area contributed by atoms with E-state index in [1.165, 1.54) is 0 Å². The SMILES string of the molecule is CC(C)N[C@H](NC(=O)c1cccc(Cl)c1)C(Cl)(Cl)Cl. The van der Waals surface area contributed by atoms with Gasteiger partial charge in [-0.05, 0) is 32.0 Å². The number of halogens is 4. The van der Waals surface area contributed by atoms with Crippen molar-refractivity contribution in [2.75, 3.05) is 0 Å². The number of benzene rings is 1. The van der Waals surface area contributed by atoms with Gasteiger partial charge in [0.25, 0.3) is 5.91 Å². The number of amides is 1. The van der Waals surface area contributed by atoms with E-state index in [0.717, 1.165) is 0 Å². The highest BCUT2D eigenvalue weighted by molar-refractivity contribution is 6.68. The average Bonchev–Trinajstić information content (AvgIpc) is 2.26. The Morgan fingerprint density at radius 1 is 1.26 bits per heavy atom. The van der Waals surface area contributed by atoms with Crippen LogP contribution < -0.4 is 10.6 Å². The van der Waals surface area contributed by atoms with Crippen molar-refractivity contribution in [2.24, 2.45) is 0 Å². The molecule has 1 atom stereocenters. The van der Waals surface area contributed by atoms with E-state index in [1.54, 1.807) is 24.3 Å². The Hall–Kier alpha value is -0.190. The molecule has 2 N–H and O–H groups in total. The van der Waals surface area contributed by atoms with Crippen molar-refractivity contribution in [3.05, 3.63) is 34.9 Å². The first-order valence-corrected chi connectivity index (χ1v) is 7.10. The molecule has 0 bridgehead atoms.